The zero-order valence-electron chi connectivity index (χ0n) is 7.60. The van der Waals surface area contributed by atoms with Gasteiger partial charge >= 0.3 is 26.4 Å². The maximum absolute atomic E-state index is 10.8. The summed E-state index contributed by atoms with van der Waals surface area (Å²) in [7, 11) is -1.40. The average Bonchev–Trinajstić information content (AvgIpc) is 2.11. The Morgan fingerprint density at radius 2 is 1.60 bits per heavy atom. The second-order valence-electron chi connectivity index (χ2n) is 2.95. The van der Waals surface area contributed by atoms with Crippen molar-refractivity contribution in [3.63, 3.8) is 0 Å². The summed E-state index contributed by atoms with van der Waals surface area (Å²) >= 11 is 0. The van der Waals surface area contributed by atoms with Crippen molar-refractivity contribution in [2.24, 2.45) is 0 Å². The fraction of sp³-hybridized carbons (Fsp3) is 0.571. The number of hydrogen-bond acceptors (Lipinski definition) is 4. The van der Waals surface area contributed by atoms with Crippen molar-refractivity contribution in [2.45, 2.75) is 24.4 Å². The van der Waals surface area contributed by atoms with Crippen LogP contribution in [-0.4, -0.2) is 38.4 Å². The van der Waals surface area contributed by atoms with Crippen molar-refractivity contribution in [1.82, 2.24) is 0 Å². The molecule has 3 N–H and O–H groups in total. The molecule has 0 amide bonds. The number of carboxylic acids is 3. The first-order valence-electron chi connectivity index (χ1n) is 3.90. The van der Waals surface area contributed by atoms with Gasteiger partial charge in [-0.3, -0.25) is 9.59 Å². The average molecular weight is 237 g/mol. The number of hydrogen-bond donors (Lipinski definition) is 3. The Balaban J connectivity index is 4.80. The minimum absolute atomic E-state index is 0.466. The van der Waals surface area contributed by atoms with Gasteiger partial charge < -0.3 is 15.3 Å². The Hall–Kier alpha value is -1.49. The second kappa shape index (κ2) is 5.41. The predicted octanol–water partition coefficient (Wildman–Crippen LogP) is 0.173. The Labute approximate surface area is 85.9 Å². The molecular formula is C7H10O7P+. The third-order valence-electron chi connectivity index (χ3n) is 1.82. The normalized spacial score (nSPS) is 14.4. The van der Waals surface area contributed by atoms with Gasteiger partial charge in [0.2, 0.25) is 0 Å². The molecule has 8 heteroatoms. The molecule has 84 valence electrons. The molecule has 0 saturated carbocycles. The smallest absolute Gasteiger partial charge is 0.359 e. The molecular weight excluding hydrogens is 227 g/mol. The fourth-order valence-electron chi connectivity index (χ4n) is 0.980. The Bertz CT molecular complexity index is 300. The van der Waals surface area contributed by atoms with E-state index in [1.54, 1.807) is 0 Å². The SMILES string of the molecule is O=[PH+]C(CCC(=O)O)(CC(=O)O)C(=O)O. The number of aliphatic carboxylic acids is 3. The van der Waals surface area contributed by atoms with Gasteiger partial charge in [0.25, 0.3) is 5.16 Å². The van der Waals surface area contributed by atoms with Gasteiger partial charge in [0.05, 0.1) is 6.42 Å². The van der Waals surface area contributed by atoms with Crippen LogP contribution in [0.2, 0.25) is 0 Å². The van der Waals surface area contributed by atoms with Crippen LogP contribution in [0.3, 0.4) is 0 Å². The number of carbonyl (C=O) groups is 3. The van der Waals surface area contributed by atoms with Crippen LogP contribution in [0.15, 0.2) is 0 Å². The minimum atomic E-state index is -2.00. The molecule has 0 heterocycles. The highest BCUT2D eigenvalue weighted by atomic mass is 31.1. The van der Waals surface area contributed by atoms with Gasteiger partial charge in [-0.05, 0) is 0 Å². The van der Waals surface area contributed by atoms with E-state index >= 15 is 0 Å². The molecule has 0 aliphatic heterocycles. The topological polar surface area (TPSA) is 129 Å². The molecule has 2 atom stereocenters. The molecule has 7 nitrogen and oxygen atoms in total. The zero-order valence-corrected chi connectivity index (χ0v) is 8.60. The van der Waals surface area contributed by atoms with E-state index in [9.17, 15) is 18.9 Å². The van der Waals surface area contributed by atoms with Crippen LogP contribution in [0.25, 0.3) is 0 Å². The summed E-state index contributed by atoms with van der Waals surface area (Å²) in [5.74, 6) is -4.24. The number of rotatable bonds is 7. The van der Waals surface area contributed by atoms with Gasteiger partial charge in [0, 0.05) is 6.42 Å². The molecule has 0 aliphatic carbocycles. The molecule has 0 aliphatic rings. The predicted molar refractivity (Wildman–Crippen MR) is 48.5 cm³/mol. The van der Waals surface area contributed by atoms with E-state index in [1.165, 1.54) is 0 Å². The summed E-state index contributed by atoms with van der Waals surface area (Å²) < 4.78 is 10.7. The van der Waals surface area contributed by atoms with Crippen molar-refractivity contribution in [2.75, 3.05) is 0 Å². The van der Waals surface area contributed by atoms with Gasteiger partial charge in [-0.2, -0.15) is 0 Å². The Kier molecular flexibility index (Phi) is 4.87. The molecule has 0 bridgehead atoms. The third kappa shape index (κ3) is 4.03. The summed E-state index contributed by atoms with van der Waals surface area (Å²) in [5, 5.41) is 23.5. The molecule has 15 heavy (non-hydrogen) atoms. The lowest BCUT2D eigenvalue weighted by Gasteiger charge is -2.12. The van der Waals surface area contributed by atoms with Crippen LogP contribution < -0.4 is 0 Å². The third-order valence-corrected chi connectivity index (χ3v) is 2.85. The van der Waals surface area contributed by atoms with Crippen molar-refractivity contribution in [1.29, 1.82) is 0 Å². The summed E-state index contributed by atoms with van der Waals surface area (Å²) in [6, 6.07) is 0. The minimum Gasteiger partial charge on any atom is -0.481 e. The van der Waals surface area contributed by atoms with E-state index in [0.717, 1.165) is 0 Å². The van der Waals surface area contributed by atoms with Crippen LogP contribution in [0, 0.1) is 0 Å². The molecule has 2 unspecified atom stereocenters. The van der Waals surface area contributed by atoms with Crippen molar-refractivity contribution in [3.8, 4) is 0 Å². The molecule has 0 rings (SSSR count). The maximum Gasteiger partial charge on any atom is 0.359 e. The summed E-state index contributed by atoms with van der Waals surface area (Å²) in [5.41, 5.74) is 0. The van der Waals surface area contributed by atoms with Crippen molar-refractivity contribution in [3.05, 3.63) is 0 Å². The summed E-state index contributed by atoms with van der Waals surface area (Å²) in [6.07, 6.45) is -1.85. The van der Waals surface area contributed by atoms with E-state index in [0.29, 0.717) is 0 Å². The Morgan fingerprint density at radius 1 is 1.07 bits per heavy atom. The largest absolute Gasteiger partial charge is 0.481 e. The lowest BCUT2D eigenvalue weighted by molar-refractivity contribution is -0.147. The van der Waals surface area contributed by atoms with E-state index in [2.05, 4.69) is 0 Å². The van der Waals surface area contributed by atoms with Gasteiger partial charge in [0.15, 0.2) is 0 Å². The van der Waals surface area contributed by atoms with Crippen LogP contribution in [0.5, 0.6) is 0 Å². The monoisotopic (exact) mass is 237 g/mol. The number of carboxylic acid groups (broad SMARTS) is 3. The molecule has 0 aromatic carbocycles. The standard InChI is InChI=1S/C7H9O7P/c8-4(9)1-2-7(15-14,6(12)13)3-5(10)11/h1-3H2,(H,8,9)(H,10,11)(H,12,13)/p+1. The molecule has 0 saturated heterocycles. The first-order valence-corrected chi connectivity index (χ1v) is 4.81. The van der Waals surface area contributed by atoms with Crippen molar-refractivity contribution < 1.29 is 34.3 Å². The first kappa shape index (κ1) is 13.5. The zero-order chi connectivity index (χ0) is 12.1. The van der Waals surface area contributed by atoms with Crippen molar-refractivity contribution >= 4 is 26.4 Å². The molecule has 0 fully saturated rings. The maximum atomic E-state index is 10.8. The van der Waals surface area contributed by atoms with Crippen LogP contribution in [0.4, 0.5) is 0 Å². The Morgan fingerprint density at radius 3 is 1.87 bits per heavy atom. The van der Waals surface area contributed by atoms with E-state index in [1.807, 2.05) is 0 Å². The van der Waals surface area contributed by atoms with E-state index < -0.39 is 50.8 Å². The van der Waals surface area contributed by atoms with Gasteiger partial charge in [-0.15, -0.1) is 0 Å². The molecule has 0 aromatic rings. The molecule has 0 radical (unpaired) electrons. The van der Waals surface area contributed by atoms with Gasteiger partial charge in [-0.1, -0.05) is 4.57 Å². The van der Waals surface area contributed by atoms with Gasteiger partial charge in [-0.25, -0.2) is 4.79 Å². The first-order chi connectivity index (χ1) is 6.84. The van der Waals surface area contributed by atoms with E-state index in [4.69, 9.17) is 15.3 Å². The van der Waals surface area contributed by atoms with Gasteiger partial charge in [0.1, 0.15) is 6.42 Å². The lowest BCUT2D eigenvalue weighted by atomic mass is 9.98. The highest BCUT2D eigenvalue weighted by molar-refractivity contribution is 7.27. The highest BCUT2D eigenvalue weighted by Crippen LogP contribution is 2.33. The van der Waals surface area contributed by atoms with Crippen LogP contribution >= 0.6 is 8.46 Å². The quantitative estimate of drug-likeness (QED) is 0.538. The molecule has 0 spiro atoms. The second-order valence-corrected chi connectivity index (χ2v) is 4.11. The van der Waals surface area contributed by atoms with Crippen LogP contribution in [0.1, 0.15) is 19.3 Å². The van der Waals surface area contributed by atoms with Crippen LogP contribution in [-0.2, 0) is 18.9 Å². The summed E-state index contributed by atoms with van der Waals surface area (Å²) in [4.78, 5) is 31.4. The molecule has 0 aromatic heterocycles. The fourth-order valence-corrected chi connectivity index (χ4v) is 1.52. The van der Waals surface area contributed by atoms with E-state index in [-0.39, 0.29) is 0 Å². The summed E-state index contributed by atoms with van der Waals surface area (Å²) in [6.45, 7) is 0. The lowest BCUT2D eigenvalue weighted by Crippen LogP contribution is -2.35. The highest BCUT2D eigenvalue weighted by Gasteiger charge is 2.49.